The average Bonchev–Trinajstić information content (AvgIpc) is 3.31. The largest absolute Gasteiger partial charge is 0.389 e. The van der Waals surface area contributed by atoms with E-state index in [2.05, 4.69) is 31.2 Å². The molecule has 32 heavy (non-hydrogen) atoms. The zero-order valence-electron chi connectivity index (χ0n) is 19.2. The fourth-order valence-electron chi connectivity index (χ4n) is 6.16. The van der Waals surface area contributed by atoms with E-state index in [1.807, 2.05) is 30.3 Å². The van der Waals surface area contributed by atoms with Crippen molar-refractivity contribution in [3.05, 3.63) is 35.9 Å². The Morgan fingerprint density at radius 2 is 1.91 bits per heavy atom. The van der Waals surface area contributed by atoms with Gasteiger partial charge in [0.05, 0.1) is 6.54 Å². The molecule has 1 aromatic rings. The van der Waals surface area contributed by atoms with Gasteiger partial charge >= 0.3 is 12.2 Å². The number of nitrogens with one attached hydrogen (secondary N) is 1. The number of fused-ring (bicyclic) bond motifs is 2. The maximum atomic E-state index is 13.2. The molecule has 176 valence electrons. The number of amides is 2. The highest BCUT2D eigenvalue weighted by Gasteiger charge is 2.61. The Morgan fingerprint density at radius 3 is 2.50 bits per heavy atom. The number of carbonyl (C=O) groups is 1. The summed E-state index contributed by atoms with van der Waals surface area (Å²) in [4.78, 5) is 13.2. The van der Waals surface area contributed by atoms with Crippen molar-refractivity contribution < 1.29 is 18.0 Å². The summed E-state index contributed by atoms with van der Waals surface area (Å²) in [7, 11) is 0. The van der Waals surface area contributed by atoms with Crippen LogP contribution >= 0.6 is 0 Å². The second kappa shape index (κ2) is 8.38. The van der Waals surface area contributed by atoms with Gasteiger partial charge < -0.3 is 5.32 Å². The molecule has 2 bridgehead atoms. The lowest BCUT2D eigenvalue weighted by molar-refractivity contribution is -0.135. The number of hydrogen-bond donors (Lipinski definition) is 1. The molecule has 0 radical (unpaired) electrons. The van der Waals surface area contributed by atoms with Crippen molar-refractivity contribution in [2.24, 2.45) is 21.8 Å². The normalized spacial score (nSPS) is 31.1. The van der Waals surface area contributed by atoms with E-state index in [0.29, 0.717) is 25.3 Å². The molecule has 3 aliphatic rings. The monoisotopic (exact) mass is 449 g/mol. The van der Waals surface area contributed by atoms with Gasteiger partial charge in [-0.3, -0.25) is 0 Å². The van der Waals surface area contributed by atoms with Gasteiger partial charge in [-0.1, -0.05) is 51.1 Å². The van der Waals surface area contributed by atoms with Crippen LogP contribution in [0.25, 0.3) is 0 Å². The van der Waals surface area contributed by atoms with E-state index in [4.69, 9.17) is 0 Å². The molecule has 4 rings (SSSR count). The maximum Gasteiger partial charge on any atom is 0.389 e. The minimum Gasteiger partial charge on any atom is -0.333 e. The third kappa shape index (κ3) is 4.27. The van der Waals surface area contributed by atoms with E-state index in [9.17, 15) is 18.0 Å². The molecular formula is C25H34F3N3O. The molecule has 3 unspecified atom stereocenters. The van der Waals surface area contributed by atoms with Crippen LogP contribution in [0.1, 0.15) is 77.2 Å². The summed E-state index contributed by atoms with van der Waals surface area (Å²) in [5.74, 6) is 0.557. The lowest BCUT2D eigenvalue weighted by Gasteiger charge is -2.39. The van der Waals surface area contributed by atoms with Crippen LogP contribution < -0.4 is 5.32 Å². The molecule has 1 aliphatic heterocycles. The van der Waals surface area contributed by atoms with E-state index in [0.717, 1.165) is 24.1 Å². The second-order valence-corrected chi connectivity index (χ2v) is 10.6. The molecule has 7 heteroatoms. The Hall–Kier alpha value is -2.05. The molecule has 2 aliphatic carbocycles. The van der Waals surface area contributed by atoms with Crippen molar-refractivity contribution in [2.45, 2.75) is 83.9 Å². The van der Waals surface area contributed by atoms with Crippen molar-refractivity contribution >= 4 is 11.7 Å². The zero-order chi connectivity index (χ0) is 23.1. The number of benzene rings is 1. The lowest BCUT2D eigenvalue weighted by Crippen LogP contribution is -2.50. The molecular weight excluding hydrogens is 415 g/mol. The molecule has 1 N–H and O–H groups in total. The minimum atomic E-state index is -4.13. The van der Waals surface area contributed by atoms with Crippen molar-refractivity contribution in [3.63, 3.8) is 0 Å². The Bertz CT molecular complexity index is 867. The van der Waals surface area contributed by atoms with Crippen molar-refractivity contribution in [1.82, 2.24) is 10.3 Å². The summed E-state index contributed by atoms with van der Waals surface area (Å²) >= 11 is 0. The summed E-state index contributed by atoms with van der Waals surface area (Å²) < 4.78 is 37.6. The Labute approximate surface area is 188 Å². The van der Waals surface area contributed by atoms with Gasteiger partial charge in [0.2, 0.25) is 0 Å². The summed E-state index contributed by atoms with van der Waals surface area (Å²) in [6.45, 7) is 7.35. The van der Waals surface area contributed by atoms with Crippen LogP contribution in [0.3, 0.4) is 0 Å². The first-order valence-electron chi connectivity index (χ1n) is 11.8. The van der Waals surface area contributed by atoms with Crippen LogP contribution in [0.15, 0.2) is 35.4 Å². The van der Waals surface area contributed by atoms with Crippen LogP contribution in [-0.2, 0) is 0 Å². The molecule has 0 saturated heterocycles. The average molecular weight is 450 g/mol. The van der Waals surface area contributed by atoms with Crippen molar-refractivity contribution in [3.8, 4) is 0 Å². The van der Waals surface area contributed by atoms with E-state index in [-0.39, 0.29) is 35.2 Å². The van der Waals surface area contributed by atoms with E-state index < -0.39 is 12.6 Å². The topological polar surface area (TPSA) is 44.7 Å². The van der Waals surface area contributed by atoms with Gasteiger partial charge in [-0.2, -0.15) is 18.3 Å². The smallest absolute Gasteiger partial charge is 0.333 e. The first kappa shape index (κ1) is 23.1. The van der Waals surface area contributed by atoms with Gasteiger partial charge in [-0.15, -0.1) is 0 Å². The number of halogens is 3. The number of hydrogen-bond acceptors (Lipinski definition) is 2. The highest BCUT2D eigenvalue weighted by Crippen LogP contribution is 2.65. The summed E-state index contributed by atoms with van der Waals surface area (Å²) in [6, 6.07) is 9.75. The lowest BCUT2D eigenvalue weighted by atomic mass is 9.69. The number of rotatable bonds is 6. The number of hydrazone groups is 1. The van der Waals surface area contributed by atoms with Gasteiger partial charge in [0.25, 0.3) is 0 Å². The molecule has 4 atom stereocenters. The Kier molecular flexibility index (Phi) is 6.05. The predicted molar refractivity (Wildman–Crippen MR) is 119 cm³/mol. The van der Waals surface area contributed by atoms with Crippen LogP contribution in [0.2, 0.25) is 0 Å². The zero-order valence-corrected chi connectivity index (χ0v) is 19.2. The Balaban J connectivity index is 1.44. The summed E-state index contributed by atoms with van der Waals surface area (Å²) in [6.07, 6.45) is -0.619. The maximum absolute atomic E-state index is 13.2. The van der Waals surface area contributed by atoms with Gasteiger partial charge in [0.1, 0.15) is 0 Å². The first-order chi connectivity index (χ1) is 15.0. The van der Waals surface area contributed by atoms with Crippen LogP contribution in [0.4, 0.5) is 18.0 Å². The molecule has 0 spiro atoms. The number of urea groups is 1. The Morgan fingerprint density at radius 1 is 1.19 bits per heavy atom. The van der Waals surface area contributed by atoms with E-state index >= 15 is 0 Å². The van der Waals surface area contributed by atoms with Gasteiger partial charge in [0.15, 0.2) is 0 Å². The van der Waals surface area contributed by atoms with Crippen LogP contribution in [0.5, 0.6) is 0 Å². The highest BCUT2D eigenvalue weighted by atomic mass is 19.4. The highest BCUT2D eigenvalue weighted by molar-refractivity contribution is 5.94. The standard InChI is InChI=1S/C25H34F3N3O/c1-23(2)18-12-14-24(23,3)21(15-18)29-22(32)31-16-19(17-9-5-4-6-10-17)20(30-31)11-7-8-13-25(26,27)28/h4-6,9-10,18-19,21H,7-8,11-16H2,1-3H3,(H,29,32)/t18?,19?,21-,24?/m0/s1. The summed E-state index contributed by atoms with van der Waals surface area (Å²) in [5, 5.41) is 9.36. The fraction of sp³-hybridized carbons (Fsp3) is 0.680. The number of nitrogens with zero attached hydrogens (tertiary/aromatic N) is 2. The van der Waals surface area contributed by atoms with Crippen molar-refractivity contribution in [2.75, 3.05) is 6.54 Å². The first-order valence-corrected chi connectivity index (χ1v) is 11.8. The van der Waals surface area contributed by atoms with Crippen LogP contribution in [-0.4, -0.2) is 35.5 Å². The summed E-state index contributed by atoms with van der Waals surface area (Å²) in [5.41, 5.74) is 2.13. The molecule has 2 amide bonds. The number of carbonyl (C=O) groups excluding carboxylic acids is 1. The predicted octanol–water partition coefficient (Wildman–Crippen LogP) is 6.49. The van der Waals surface area contributed by atoms with Gasteiger partial charge in [-0.25, -0.2) is 9.80 Å². The number of unbranched alkanes of at least 4 members (excludes halogenated alkanes) is 1. The molecule has 2 fully saturated rings. The minimum absolute atomic E-state index is 0.0695. The van der Waals surface area contributed by atoms with Gasteiger partial charge in [0, 0.05) is 24.1 Å². The van der Waals surface area contributed by atoms with Crippen LogP contribution in [0, 0.1) is 16.7 Å². The quantitative estimate of drug-likeness (QED) is 0.496. The van der Waals surface area contributed by atoms with Gasteiger partial charge in [-0.05, 0) is 60.8 Å². The molecule has 1 heterocycles. The molecule has 0 aromatic heterocycles. The van der Waals surface area contributed by atoms with E-state index in [1.54, 1.807) is 0 Å². The van der Waals surface area contributed by atoms with E-state index in [1.165, 1.54) is 11.4 Å². The third-order valence-corrected chi connectivity index (χ3v) is 8.68. The fourth-order valence-corrected chi connectivity index (χ4v) is 6.16. The number of alkyl halides is 3. The SMILES string of the molecule is CC1(C)C2CCC1(C)[C@@H](NC(=O)N1CC(c3ccccc3)C(CCCCC(F)(F)F)=N1)C2. The second-order valence-electron chi connectivity index (χ2n) is 10.6. The molecule has 1 aromatic carbocycles. The van der Waals surface area contributed by atoms with Crippen molar-refractivity contribution in [1.29, 1.82) is 0 Å². The molecule has 2 saturated carbocycles. The molecule has 4 nitrogen and oxygen atoms in total. The third-order valence-electron chi connectivity index (χ3n) is 8.68.